The van der Waals surface area contributed by atoms with Crippen LogP contribution in [0.15, 0.2) is 53.4 Å². The van der Waals surface area contributed by atoms with E-state index in [1.165, 1.54) is 0 Å². The van der Waals surface area contributed by atoms with Gasteiger partial charge in [-0.15, -0.1) is 0 Å². The second-order valence-corrected chi connectivity index (χ2v) is 6.22. The number of nitriles is 1. The number of nitrogens with zero attached hydrogens (tertiary/aromatic N) is 1. The van der Waals surface area contributed by atoms with Crippen LogP contribution in [0, 0.1) is 11.3 Å². The van der Waals surface area contributed by atoms with Crippen LogP contribution in [-0.4, -0.2) is 15.9 Å². The van der Waals surface area contributed by atoms with Crippen molar-refractivity contribution in [3.63, 3.8) is 0 Å². The third kappa shape index (κ3) is 3.80. The molecule has 2 rings (SSSR count). The molecule has 2 aromatic carbocycles. The molecule has 0 aliphatic heterocycles. The number of ether oxygens (including phenoxy) is 1. The molecule has 0 saturated heterocycles. The summed E-state index contributed by atoms with van der Waals surface area (Å²) in [5, 5.41) is 8.74. The lowest BCUT2D eigenvalue weighted by Crippen LogP contribution is -2.10. The van der Waals surface area contributed by atoms with E-state index in [9.17, 15) is 9.00 Å². The Hall–Kier alpha value is -2.45. The monoisotopic (exact) mass is 313 g/mol. The molecule has 0 aliphatic rings. The van der Waals surface area contributed by atoms with E-state index in [0.29, 0.717) is 21.8 Å². The maximum Gasteiger partial charge on any atom is 0.339 e. The highest BCUT2D eigenvalue weighted by molar-refractivity contribution is 7.85. The Morgan fingerprint density at radius 3 is 2.50 bits per heavy atom. The highest BCUT2D eigenvalue weighted by Gasteiger charge is 2.15. The van der Waals surface area contributed by atoms with Gasteiger partial charge >= 0.3 is 5.97 Å². The minimum atomic E-state index is -1.21. The van der Waals surface area contributed by atoms with Gasteiger partial charge in [0, 0.05) is 5.75 Å². The van der Waals surface area contributed by atoms with Gasteiger partial charge in [-0.2, -0.15) is 5.26 Å². The molecule has 4 nitrogen and oxygen atoms in total. The smallest absolute Gasteiger partial charge is 0.339 e. The first-order valence-corrected chi connectivity index (χ1v) is 8.11. The van der Waals surface area contributed by atoms with Gasteiger partial charge in [-0.1, -0.05) is 31.2 Å². The Labute approximate surface area is 131 Å². The van der Waals surface area contributed by atoms with Crippen molar-refractivity contribution < 1.29 is 13.7 Å². The van der Waals surface area contributed by atoms with Crippen LogP contribution in [0.2, 0.25) is 0 Å². The van der Waals surface area contributed by atoms with Crippen molar-refractivity contribution in [2.24, 2.45) is 0 Å². The summed E-state index contributed by atoms with van der Waals surface area (Å²) in [5.41, 5.74) is 1.68. The van der Waals surface area contributed by atoms with Crippen LogP contribution in [0.5, 0.6) is 0 Å². The Morgan fingerprint density at radius 1 is 1.18 bits per heavy atom. The topological polar surface area (TPSA) is 67.2 Å². The lowest BCUT2D eigenvalue weighted by Gasteiger charge is -2.09. The van der Waals surface area contributed by atoms with Crippen LogP contribution in [-0.2, 0) is 22.1 Å². The first-order chi connectivity index (χ1) is 10.7. The molecule has 0 heterocycles. The molecule has 0 fully saturated rings. The van der Waals surface area contributed by atoms with E-state index in [0.717, 1.165) is 5.56 Å². The zero-order valence-electron chi connectivity index (χ0n) is 12.1. The van der Waals surface area contributed by atoms with Crippen molar-refractivity contribution in [3.8, 4) is 6.07 Å². The molecule has 0 spiro atoms. The third-order valence-electron chi connectivity index (χ3n) is 3.07. The van der Waals surface area contributed by atoms with Gasteiger partial charge in [-0.05, 0) is 29.8 Å². The molecule has 1 atom stereocenters. The number of rotatable bonds is 5. The molecule has 22 heavy (non-hydrogen) atoms. The van der Waals surface area contributed by atoms with Crippen molar-refractivity contribution in [2.45, 2.75) is 18.4 Å². The van der Waals surface area contributed by atoms with E-state index in [1.54, 1.807) is 55.5 Å². The SMILES string of the molecule is CC[S@@](=O)c1ccccc1C(=O)OCc1ccc(C#N)cc1. The van der Waals surface area contributed by atoms with Crippen LogP contribution in [0.1, 0.15) is 28.4 Å². The number of carbonyl (C=O) groups is 1. The molecular weight excluding hydrogens is 298 g/mol. The maximum atomic E-state index is 12.2. The quantitative estimate of drug-likeness (QED) is 0.796. The number of esters is 1. The van der Waals surface area contributed by atoms with Gasteiger partial charge in [0.1, 0.15) is 6.61 Å². The summed E-state index contributed by atoms with van der Waals surface area (Å²) in [7, 11) is -1.21. The van der Waals surface area contributed by atoms with Crippen molar-refractivity contribution in [2.75, 3.05) is 5.75 Å². The molecule has 0 bridgehead atoms. The van der Waals surface area contributed by atoms with Crippen molar-refractivity contribution in [1.82, 2.24) is 0 Å². The van der Waals surface area contributed by atoms with Crippen LogP contribution < -0.4 is 0 Å². The zero-order valence-corrected chi connectivity index (χ0v) is 12.9. The van der Waals surface area contributed by atoms with Gasteiger partial charge in [0.15, 0.2) is 0 Å². The highest BCUT2D eigenvalue weighted by Crippen LogP contribution is 2.16. The normalized spacial score (nSPS) is 11.5. The maximum absolute atomic E-state index is 12.2. The predicted molar refractivity (Wildman–Crippen MR) is 83.7 cm³/mol. The minimum absolute atomic E-state index is 0.109. The second kappa shape index (κ2) is 7.53. The van der Waals surface area contributed by atoms with Crippen molar-refractivity contribution in [3.05, 3.63) is 65.2 Å². The summed E-state index contributed by atoms with van der Waals surface area (Å²) in [4.78, 5) is 12.7. The van der Waals surface area contributed by atoms with Crippen LogP contribution in [0.25, 0.3) is 0 Å². The third-order valence-corrected chi connectivity index (χ3v) is 4.44. The minimum Gasteiger partial charge on any atom is -0.457 e. The van der Waals surface area contributed by atoms with Crippen LogP contribution >= 0.6 is 0 Å². The lowest BCUT2D eigenvalue weighted by atomic mass is 10.1. The summed E-state index contributed by atoms with van der Waals surface area (Å²) in [6.07, 6.45) is 0. The predicted octanol–water partition coefficient (Wildman–Crippen LogP) is 3.04. The average Bonchev–Trinajstić information content (AvgIpc) is 2.59. The van der Waals surface area contributed by atoms with E-state index < -0.39 is 16.8 Å². The number of hydrogen-bond donors (Lipinski definition) is 0. The Bertz CT molecular complexity index is 732. The molecule has 0 N–H and O–H groups in total. The Kier molecular flexibility index (Phi) is 5.45. The Balaban J connectivity index is 2.09. The standard InChI is InChI=1S/C17H15NO3S/c1-2-22(20)16-6-4-3-5-15(16)17(19)21-12-14-9-7-13(11-18)8-10-14/h3-10H,2,12H2,1H3/t22-/m1/s1. The van der Waals surface area contributed by atoms with Gasteiger partial charge in [0.25, 0.3) is 0 Å². The molecule has 112 valence electrons. The number of hydrogen-bond acceptors (Lipinski definition) is 4. The van der Waals surface area contributed by atoms with Crippen LogP contribution in [0.4, 0.5) is 0 Å². The summed E-state index contributed by atoms with van der Waals surface area (Å²) in [6.45, 7) is 1.91. The number of carbonyl (C=O) groups excluding carboxylic acids is 1. The molecule has 0 aliphatic carbocycles. The number of benzene rings is 2. The summed E-state index contributed by atoms with van der Waals surface area (Å²) >= 11 is 0. The van der Waals surface area contributed by atoms with Crippen molar-refractivity contribution >= 4 is 16.8 Å². The van der Waals surface area contributed by atoms with Crippen molar-refractivity contribution in [1.29, 1.82) is 5.26 Å². The molecule has 0 amide bonds. The highest BCUT2D eigenvalue weighted by atomic mass is 32.2. The van der Waals surface area contributed by atoms with E-state index >= 15 is 0 Å². The lowest BCUT2D eigenvalue weighted by molar-refractivity contribution is 0.0468. The molecule has 0 unspecified atom stereocenters. The molecule has 0 radical (unpaired) electrons. The summed E-state index contributed by atoms with van der Waals surface area (Å²) in [6, 6.07) is 15.6. The zero-order chi connectivity index (χ0) is 15.9. The fourth-order valence-electron chi connectivity index (χ4n) is 1.89. The second-order valence-electron chi connectivity index (χ2n) is 4.52. The summed E-state index contributed by atoms with van der Waals surface area (Å²) < 4.78 is 17.2. The van der Waals surface area contributed by atoms with E-state index in [-0.39, 0.29) is 6.61 Å². The van der Waals surface area contributed by atoms with E-state index in [4.69, 9.17) is 10.00 Å². The van der Waals surface area contributed by atoms with E-state index in [2.05, 4.69) is 0 Å². The van der Waals surface area contributed by atoms with Gasteiger partial charge < -0.3 is 4.74 Å². The molecule has 0 aromatic heterocycles. The Morgan fingerprint density at radius 2 is 1.86 bits per heavy atom. The fraction of sp³-hybridized carbons (Fsp3) is 0.176. The fourth-order valence-corrected chi connectivity index (χ4v) is 2.83. The van der Waals surface area contributed by atoms with Gasteiger partial charge in [0.05, 0.1) is 32.9 Å². The first kappa shape index (κ1) is 15.9. The molecule has 5 heteroatoms. The van der Waals surface area contributed by atoms with Gasteiger partial charge in [-0.25, -0.2) is 4.79 Å². The molecule has 0 saturated carbocycles. The van der Waals surface area contributed by atoms with Gasteiger partial charge in [0.2, 0.25) is 0 Å². The summed E-state index contributed by atoms with van der Waals surface area (Å²) in [5.74, 6) is -0.0540. The molecule has 2 aromatic rings. The van der Waals surface area contributed by atoms with Crippen LogP contribution in [0.3, 0.4) is 0 Å². The van der Waals surface area contributed by atoms with Gasteiger partial charge in [-0.3, -0.25) is 4.21 Å². The van der Waals surface area contributed by atoms with E-state index in [1.807, 2.05) is 6.07 Å². The molecular formula is C17H15NO3S. The largest absolute Gasteiger partial charge is 0.457 e. The first-order valence-electron chi connectivity index (χ1n) is 6.79. The average molecular weight is 313 g/mol.